The van der Waals surface area contributed by atoms with Gasteiger partial charge in [-0.25, -0.2) is 0 Å². The Balaban J connectivity index is 2.02. The Kier molecular flexibility index (Phi) is 3.44. The molecule has 0 atom stereocenters. The molecule has 0 unspecified atom stereocenters. The van der Waals surface area contributed by atoms with Gasteiger partial charge in [-0.3, -0.25) is 4.79 Å². The summed E-state index contributed by atoms with van der Waals surface area (Å²) in [5.74, 6) is 0.618. The summed E-state index contributed by atoms with van der Waals surface area (Å²) >= 11 is 4.64. The summed E-state index contributed by atoms with van der Waals surface area (Å²) in [6, 6.07) is 5.44. The lowest BCUT2D eigenvalue weighted by Crippen LogP contribution is -2.02. The molecule has 0 saturated carbocycles. The molecule has 1 aliphatic heterocycles. The van der Waals surface area contributed by atoms with Crippen LogP contribution in [0.5, 0.6) is 5.75 Å². The molecule has 19 heavy (non-hydrogen) atoms. The number of ketones is 1. The molecule has 0 spiro atoms. The standard InChI is InChI=1S/C13H9BrN2O2S/c14-9-1-2-11-12(6-9)18-4-3-8(13(11)17)5-10-7-19-16-15-10/h1-2,5-7H,3-4H2. The van der Waals surface area contributed by atoms with Crippen LogP contribution in [0.2, 0.25) is 0 Å². The van der Waals surface area contributed by atoms with Crippen molar-refractivity contribution < 1.29 is 9.53 Å². The van der Waals surface area contributed by atoms with Crippen LogP contribution in [-0.4, -0.2) is 22.0 Å². The first kappa shape index (κ1) is 12.5. The zero-order valence-corrected chi connectivity index (χ0v) is 12.2. The van der Waals surface area contributed by atoms with Crippen molar-refractivity contribution in [1.29, 1.82) is 0 Å². The number of carbonyl (C=O) groups is 1. The number of Topliss-reactive ketones (excluding diaryl/α,β-unsaturated/α-hetero) is 1. The molecule has 3 rings (SSSR count). The quantitative estimate of drug-likeness (QED) is 0.749. The fourth-order valence-corrected chi connectivity index (χ4v) is 2.66. The number of ether oxygens (including phenoxy) is 1. The lowest BCUT2D eigenvalue weighted by molar-refractivity contribution is 0.103. The molecule has 4 nitrogen and oxygen atoms in total. The Morgan fingerprint density at radius 2 is 2.32 bits per heavy atom. The van der Waals surface area contributed by atoms with Crippen LogP contribution >= 0.6 is 27.5 Å². The average molecular weight is 337 g/mol. The fourth-order valence-electron chi connectivity index (χ4n) is 1.91. The van der Waals surface area contributed by atoms with Crippen molar-refractivity contribution in [2.45, 2.75) is 6.42 Å². The highest BCUT2D eigenvalue weighted by Gasteiger charge is 2.21. The molecule has 1 aromatic carbocycles. The second kappa shape index (κ2) is 5.22. The summed E-state index contributed by atoms with van der Waals surface area (Å²) in [5.41, 5.74) is 2.01. The van der Waals surface area contributed by atoms with Crippen LogP contribution in [0, 0.1) is 0 Å². The van der Waals surface area contributed by atoms with Crippen molar-refractivity contribution >= 4 is 39.3 Å². The number of benzene rings is 1. The van der Waals surface area contributed by atoms with Gasteiger partial charge in [0.15, 0.2) is 5.78 Å². The van der Waals surface area contributed by atoms with E-state index < -0.39 is 0 Å². The summed E-state index contributed by atoms with van der Waals surface area (Å²) in [6.45, 7) is 0.485. The normalized spacial score (nSPS) is 16.9. The van der Waals surface area contributed by atoms with Crippen molar-refractivity contribution in [3.63, 3.8) is 0 Å². The molecule has 1 aromatic heterocycles. The summed E-state index contributed by atoms with van der Waals surface area (Å²) in [4.78, 5) is 12.5. The molecule has 0 bridgehead atoms. The summed E-state index contributed by atoms with van der Waals surface area (Å²) in [7, 11) is 0. The van der Waals surface area contributed by atoms with E-state index in [4.69, 9.17) is 4.74 Å². The van der Waals surface area contributed by atoms with Gasteiger partial charge < -0.3 is 4.74 Å². The van der Waals surface area contributed by atoms with Gasteiger partial charge in [0.2, 0.25) is 0 Å². The Hall–Kier alpha value is -1.53. The Morgan fingerprint density at radius 1 is 1.42 bits per heavy atom. The van der Waals surface area contributed by atoms with Gasteiger partial charge >= 0.3 is 0 Å². The number of hydrogen-bond acceptors (Lipinski definition) is 5. The summed E-state index contributed by atoms with van der Waals surface area (Å²) in [6.07, 6.45) is 2.36. The number of hydrogen-bond donors (Lipinski definition) is 0. The van der Waals surface area contributed by atoms with Crippen molar-refractivity contribution in [3.05, 3.63) is 44.9 Å². The van der Waals surface area contributed by atoms with Crippen molar-refractivity contribution in [3.8, 4) is 5.75 Å². The maximum Gasteiger partial charge on any atom is 0.192 e. The zero-order valence-electron chi connectivity index (χ0n) is 9.80. The van der Waals surface area contributed by atoms with Gasteiger partial charge in [0.05, 0.1) is 17.9 Å². The third kappa shape index (κ3) is 2.59. The first-order chi connectivity index (χ1) is 9.24. The van der Waals surface area contributed by atoms with Gasteiger partial charge in [0, 0.05) is 21.8 Å². The fraction of sp³-hybridized carbons (Fsp3) is 0.154. The van der Waals surface area contributed by atoms with Gasteiger partial charge in [-0.05, 0) is 35.8 Å². The average Bonchev–Trinajstić information content (AvgIpc) is 2.85. The summed E-state index contributed by atoms with van der Waals surface area (Å²) < 4.78 is 10.3. The van der Waals surface area contributed by atoms with Crippen LogP contribution < -0.4 is 4.74 Å². The molecule has 0 radical (unpaired) electrons. The van der Waals surface area contributed by atoms with E-state index in [0.29, 0.717) is 35.6 Å². The van der Waals surface area contributed by atoms with Crippen molar-refractivity contribution in [2.75, 3.05) is 6.61 Å². The first-order valence-electron chi connectivity index (χ1n) is 5.69. The predicted molar refractivity (Wildman–Crippen MR) is 76.5 cm³/mol. The molecule has 96 valence electrons. The molecule has 2 heterocycles. The molecule has 0 amide bonds. The smallest absolute Gasteiger partial charge is 0.192 e. The lowest BCUT2D eigenvalue weighted by Gasteiger charge is -2.05. The highest BCUT2D eigenvalue weighted by atomic mass is 79.9. The van der Waals surface area contributed by atoms with Crippen LogP contribution in [-0.2, 0) is 0 Å². The van der Waals surface area contributed by atoms with Crippen LogP contribution in [0.25, 0.3) is 6.08 Å². The maximum absolute atomic E-state index is 12.5. The van der Waals surface area contributed by atoms with Gasteiger partial charge in [-0.2, -0.15) is 0 Å². The number of fused-ring (bicyclic) bond motifs is 1. The molecule has 1 aliphatic rings. The maximum atomic E-state index is 12.5. The van der Waals surface area contributed by atoms with Gasteiger partial charge in [0.1, 0.15) is 5.75 Å². The molecular formula is C13H9BrN2O2S. The van der Waals surface area contributed by atoms with Crippen LogP contribution in [0.1, 0.15) is 22.5 Å². The largest absolute Gasteiger partial charge is 0.492 e. The van der Waals surface area contributed by atoms with E-state index in [1.807, 2.05) is 17.5 Å². The number of nitrogens with zero attached hydrogens (tertiary/aromatic N) is 2. The predicted octanol–water partition coefficient (Wildman–Crippen LogP) is 3.35. The van der Waals surface area contributed by atoms with E-state index in [-0.39, 0.29) is 5.78 Å². The van der Waals surface area contributed by atoms with Gasteiger partial charge in [0.25, 0.3) is 0 Å². The molecule has 2 aromatic rings. The monoisotopic (exact) mass is 336 g/mol. The van der Waals surface area contributed by atoms with Crippen LogP contribution in [0.4, 0.5) is 0 Å². The van der Waals surface area contributed by atoms with E-state index in [9.17, 15) is 4.79 Å². The highest BCUT2D eigenvalue weighted by molar-refractivity contribution is 9.10. The van der Waals surface area contributed by atoms with E-state index in [0.717, 1.165) is 4.47 Å². The van der Waals surface area contributed by atoms with Crippen molar-refractivity contribution in [1.82, 2.24) is 9.59 Å². The van der Waals surface area contributed by atoms with E-state index in [2.05, 4.69) is 25.5 Å². The molecule has 0 aliphatic carbocycles. The van der Waals surface area contributed by atoms with Crippen molar-refractivity contribution in [2.24, 2.45) is 0 Å². The molecular weight excluding hydrogens is 328 g/mol. The number of halogens is 1. The first-order valence-corrected chi connectivity index (χ1v) is 7.31. The van der Waals surface area contributed by atoms with E-state index >= 15 is 0 Å². The highest BCUT2D eigenvalue weighted by Crippen LogP contribution is 2.30. The third-order valence-electron chi connectivity index (χ3n) is 2.81. The number of rotatable bonds is 1. The Morgan fingerprint density at radius 3 is 3.11 bits per heavy atom. The SMILES string of the molecule is O=C1C(=Cc2csnn2)CCOc2cc(Br)ccc21. The minimum absolute atomic E-state index is 0.00648. The van der Waals surface area contributed by atoms with Gasteiger partial charge in [-0.15, -0.1) is 5.10 Å². The third-order valence-corrected chi connectivity index (χ3v) is 3.82. The zero-order chi connectivity index (χ0) is 13.2. The molecule has 6 heteroatoms. The van der Waals surface area contributed by atoms with Crippen LogP contribution in [0.15, 0.2) is 33.6 Å². The molecule has 0 fully saturated rings. The summed E-state index contributed by atoms with van der Waals surface area (Å²) in [5, 5.41) is 5.75. The lowest BCUT2D eigenvalue weighted by atomic mass is 10.0. The second-order valence-corrected chi connectivity index (χ2v) is 5.59. The number of aromatic nitrogens is 2. The minimum atomic E-state index is -0.00648. The Labute approximate surface area is 122 Å². The van der Waals surface area contributed by atoms with E-state index in [1.54, 1.807) is 12.1 Å². The topological polar surface area (TPSA) is 52.1 Å². The Bertz CT molecular complexity index is 653. The van der Waals surface area contributed by atoms with Gasteiger partial charge in [-0.1, -0.05) is 20.4 Å². The van der Waals surface area contributed by atoms with E-state index in [1.165, 1.54) is 11.5 Å². The van der Waals surface area contributed by atoms with Crippen LogP contribution in [0.3, 0.4) is 0 Å². The minimum Gasteiger partial charge on any atom is -0.492 e. The molecule has 0 N–H and O–H groups in total. The molecule has 0 saturated heterocycles. The second-order valence-electron chi connectivity index (χ2n) is 4.07. The number of carbonyl (C=O) groups excluding carboxylic acids is 1.